The quantitative estimate of drug-likeness (QED) is 0.404. The van der Waals surface area contributed by atoms with Crippen molar-refractivity contribution in [2.75, 3.05) is 25.0 Å². The van der Waals surface area contributed by atoms with E-state index in [2.05, 4.69) is 15.3 Å². The minimum absolute atomic E-state index is 0. The number of fused-ring (bicyclic) bond motifs is 2. The zero-order valence-corrected chi connectivity index (χ0v) is 18.5. The number of aromatic nitrogens is 4. The van der Waals surface area contributed by atoms with E-state index in [1.807, 2.05) is 36.4 Å². The van der Waals surface area contributed by atoms with Gasteiger partial charge in [-0.3, -0.25) is 9.89 Å². The van der Waals surface area contributed by atoms with E-state index in [4.69, 9.17) is 32.7 Å². The Bertz CT molecular complexity index is 1100. The Morgan fingerprint density at radius 1 is 1.00 bits per heavy atom. The summed E-state index contributed by atoms with van der Waals surface area (Å²) in [6.07, 6.45) is 3.37. The van der Waals surface area contributed by atoms with Crippen LogP contribution in [0.2, 0.25) is 0 Å². The van der Waals surface area contributed by atoms with Crippen LogP contribution in [0.1, 0.15) is 11.7 Å². The lowest BCUT2D eigenvalue weighted by Crippen LogP contribution is -2.06. The number of hydrogen-bond acceptors (Lipinski definition) is 5. The zero-order valence-electron chi connectivity index (χ0n) is 16.2. The maximum absolute atomic E-state index is 11.3. The summed E-state index contributed by atoms with van der Waals surface area (Å²) < 4.78 is 12.2. The second kappa shape index (κ2) is 11.6. The molecule has 160 valence electrons. The van der Waals surface area contributed by atoms with Crippen molar-refractivity contribution in [1.29, 1.82) is 0 Å². The molecule has 0 aliphatic heterocycles. The third-order valence-corrected chi connectivity index (χ3v) is 4.29. The molecule has 0 unspecified atom stereocenters. The van der Waals surface area contributed by atoms with Crippen LogP contribution in [0.5, 0.6) is 11.5 Å². The molecule has 0 saturated carbocycles. The maximum atomic E-state index is 11.3. The van der Waals surface area contributed by atoms with E-state index < -0.39 is 0 Å². The number of H-pyrrole nitrogens is 1. The molecular formula is C20H21Cl3N4O3. The largest absolute Gasteiger partial charge is 0.492 e. The van der Waals surface area contributed by atoms with Crippen molar-refractivity contribution >= 4 is 63.3 Å². The molecule has 30 heavy (non-hydrogen) atoms. The van der Waals surface area contributed by atoms with Crippen molar-refractivity contribution in [2.45, 2.75) is 6.92 Å². The number of aromatic amines is 1. The molecule has 0 atom stereocenters. The molecule has 7 nitrogen and oxygen atoms in total. The van der Waals surface area contributed by atoms with Crippen LogP contribution >= 0.6 is 35.6 Å². The van der Waals surface area contributed by atoms with E-state index in [9.17, 15) is 4.79 Å². The molecule has 4 aromatic rings. The van der Waals surface area contributed by atoms with Crippen molar-refractivity contribution in [1.82, 2.24) is 20.0 Å². The van der Waals surface area contributed by atoms with Crippen molar-refractivity contribution in [3.8, 4) is 11.5 Å². The first-order valence-corrected chi connectivity index (χ1v) is 10.00. The summed E-state index contributed by atoms with van der Waals surface area (Å²) >= 11 is 11.1. The molecule has 2 aromatic heterocycles. The molecule has 0 aliphatic carbocycles. The lowest BCUT2D eigenvalue weighted by Gasteiger charge is -2.05. The first-order chi connectivity index (χ1) is 14.2. The van der Waals surface area contributed by atoms with Gasteiger partial charge in [0.05, 0.1) is 46.0 Å². The van der Waals surface area contributed by atoms with Crippen LogP contribution in [0.3, 0.4) is 0 Å². The van der Waals surface area contributed by atoms with Gasteiger partial charge in [-0.1, -0.05) is 12.1 Å². The minimum Gasteiger partial charge on any atom is -0.492 e. The number of hydrogen-bond donors (Lipinski definition) is 1. The van der Waals surface area contributed by atoms with Gasteiger partial charge < -0.3 is 9.47 Å². The van der Waals surface area contributed by atoms with Gasteiger partial charge in [0.1, 0.15) is 24.7 Å². The van der Waals surface area contributed by atoms with Gasteiger partial charge in [0.15, 0.2) is 0 Å². The fourth-order valence-electron chi connectivity index (χ4n) is 2.77. The van der Waals surface area contributed by atoms with Crippen LogP contribution in [0, 0.1) is 0 Å². The van der Waals surface area contributed by atoms with Gasteiger partial charge in [0.25, 0.3) is 0 Å². The van der Waals surface area contributed by atoms with E-state index in [1.165, 1.54) is 11.6 Å². The van der Waals surface area contributed by atoms with Crippen LogP contribution in [-0.4, -0.2) is 50.9 Å². The fraction of sp³-hybridized carbons (Fsp3) is 0.250. The molecule has 0 saturated heterocycles. The predicted octanol–water partition coefficient (Wildman–Crippen LogP) is 4.92. The van der Waals surface area contributed by atoms with E-state index in [-0.39, 0.29) is 18.3 Å². The summed E-state index contributed by atoms with van der Waals surface area (Å²) in [7, 11) is 0. The van der Waals surface area contributed by atoms with Crippen LogP contribution in [-0.2, 0) is 0 Å². The molecule has 0 spiro atoms. The minimum atomic E-state index is -0.121. The number of benzene rings is 2. The van der Waals surface area contributed by atoms with Gasteiger partial charge in [0, 0.05) is 6.92 Å². The number of carbonyl (C=O) groups excluding carboxylic acids is 1. The normalized spacial score (nSPS) is 10.2. The van der Waals surface area contributed by atoms with Crippen LogP contribution < -0.4 is 9.47 Å². The Morgan fingerprint density at radius 2 is 1.63 bits per heavy atom. The summed E-state index contributed by atoms with van der Waals surface area (Å²) in [4.78, 5) is 11.3. The molecular weight excluding hydrogens is 451 g/mol. The van der Waals surface area contributed by atoms with Crippen molar-refractivity contribution in [2.24, 2.45) is 0 Å². The summed E-state index contributed by atoms with van der Waals surface area (Å²) in [6, 6.07) is 11.3. The summed E-state index contributed by atoms with van der Waals surface area (Å²) in [6.45, 7) is 2.43. The van der Waals surface area contributed by atoms with E-state index >= 15 is 0 Å². The van der Waals surface area contributed by atoms with Crippen molar-refractivity contribution in [3.05, 3.63) is 48.8 Å². The number of nitrogens with one attached hydrogen (secondary N) is 1. The second-order valence-corrected chi connectivity index (χ2v) is 6.68. The predicted molar refractivity (Wildman–Crippen MR) is 122 cm³/mol. The second-order valence-electron chi connectivity index (χ2n) is 5.93. The van der Waals surface area contributed by atoms with E-state index in [0.29, 0.717) is 30.7 Å². The maximum Gasteiger partial charge on any atom is 0.244 e. The molecule has 0 amide bonds. The van der Waals surface area contributed by atoms with Crippen LogP contribution in [0.15, 0.2) is 48.8 Å². The molecule has 4 rings (SSSR count). The number of halogens is 3. The summed E-state index contributed by atoms with van der Waals surface area (Å²) in [5, 5.41) is 12.6. The van der Waals surface area contributed by atoms with E-state index in [1.54, 1.807) is 12.4 Å². The smallest absolute Gasteiger partial charge is 0.244 e. The van der Waals surface area contributed by atoms with Gasteiger partial charge in [-0.15, -0.1) is 35.6 Å². The lowest BCUT2D eigenvalue weighted by atomic mass is 10.2. The number of nitrogens with zero attached hydrogens (tertiary/aromatic N) is 3. The lowest BCUT2D eigenvalue weighted by molar-refractivity contribution is 0.0927. The van der Waals surface area contributed by atoms with Gasteiger partial charge in [0.2, 0.25) is 5.91 Å². The molecule has 1 N–H and O–H groups in total. The highest BCUT2D eigenvalue weighted by Gasteiger charge is 2.09. The molecule has 0 radical (unpaired) electrons. The SMILES string of the molecule is CC(=O)n1ncc2c(OCCCl)cccc21.Cl.ClCCOc1cccc2[nH]ncc12. The van der Waals surface area contributed by atoms with Crippen LogP contribution in [0.4, 0.5) is 0 Å². The summed E-state index contributed by atoms with van der Waals surface area (Å²) in [5.74, 6) is 2.33. The third-order valence-electron chi connectivity index (χ3n) is 3.99. The highest BCUT2D eigenvalue weighted by Crippen LogP contribution is 2.25. The number of alkyl halides is 2. The fourth-order valence-corrected chi connectivity index (χ4v) is 2.92. The average Bonchev–Trinajstić information content (AvgIpc) is 3.38. The molecule has 2 aromatic carbocycles. The standard InChI is InChI=1S/C11H11ClN2O2.C9H9ClN2O.ClH/c1-8(15)14-10-3-2-4-11(16-6-5-12)9(10)7-13-14;10-4-5-13-9-3-1-2-8-7(9)6-11-12-8;/h2-4,7H,5-6H2,1H3;1-3,6H,4-5H2,(H,11,12);1H. The summed E-state index contributed by atoms with van der Waals surface area (Å²) in [5.41, 5.74) is 1.73. The van der Waals surface area contributed by atoms with Crippen molar-refractivity contribution in [3.63, 3.8) is 0 Å². The highest BCUT2D eigenvalue weighted by atomic mass is 35.5. The highest BCUT2D eigenvalue weighted by molar-refractivity contribution is 6.18. The number of rotatable bonds is 6. The third kappa shape index (κ3) is 5.56. The molecule has 0 bridgehead atoms. The number of ether oxygens (including phenoxy) is 2. The number of carbonyl (C=O) groups is 1. The van der Waals surface area contributed by atoms with Gasteiger partial charge in [-0.05, 0) is 24.3 Å². The molecule has 10 heteroatoms. The first-order valence-electron chi connectivity index (χ1n) is 8.93. The average molecular weight is 472 g/mol. The molecule has 2 heterocycles. The molecule has 0 fully saturated rings. The van der Waals surface area contributed by atoms with Gasteiger partial charge >= 0.3 is 0 Å². The van der Waals surface area contributed by atoms with Crippen molar-refractivity contribution < 1.29 is 14.3 Å². The van der Waals surface area contributed by atoms with Gasteiger partial charge in [-0.25, -0.2) is 4.68 Å². The Kier molecular flexibility index (Phi) is 9.23. The Hall–Kier alpha value is -2.48. The van der Waals surface area contributed by atoms with Crippen LogP contribution in [0.25, 0.3) is 21.8 Å². The Labute approximate surface area is 189 Å². The monoisotopic (exact) mass is 470 g/mol. The first kappa shape index (κ1) is 23.8. The molecule has 0 aliphatic rings. The van der Waals surface area contributed by atoms with Gasteiger partial charge in [-0.2, -0.15) is 10.2 Å². The topological polar surface area (TPSA) is 82.0 Å². The Morgan fingerprint density at radius 3 is 2.27 bits per heavy atom. The zero-order chi connectivity index (χ0) is 20.6. The van der Waals surface area contributed by atoms with E-state index in [0.717, 1.165) is 27.6 Å². The Balaban J connectivity index is 0.000000211.